The number of piperazine rings is 1. The van der Waals surface area contributed by atoms with E-state index in [2.05, 4.69) is 67.4 Å². The first kappa shape index (κ1) is 32.0. The number of fused-ring (bicyclic) bond motifs is 2. The molecule has 4 aromatic carbocycles. The van der Waals surface area contributed by atoms with E-state index in [0.717, 1.165) is 39.1 Å². The van der Waals surface area contributed by atoms with Crippen molar-refractivity contribution in [2.75, 3.05) is 19.6 Å². The van der Waals surface area contributed by atoms with E-state index in [9.17, 15) is 9.59 Å². The lowest BCUT2D eigenvalue weighted by molar-refractivity contribution is -0.148. The molecule has 0 spiro atoms. The molecule has 45 heavy (non-hydrogen) atoms. The molecule has 0 aliphatic carbocycles. The summed E-state index contributed by atoms with van der Waals surface area (Å²) in [6, 6.07) is 27.8. The third-order valence-electron chi connectivity index (χ3n) is 8.79. The second-order valence-electron chi connectivity index (χ2n) is 12.8. The van der Waals surface area contributed by atoms with Crippen molar-refractivity contribution in [3.63, 3.8) is 0 Å². The Morgan fingerprint density at radius 1 is 0.800 bits per heavy atom. The van der Waals surface area contributed by atoms with Crippen LogP contribution >= 0.6 is 0 Å². The first-order valence-corrected chi connectivity index (χ1v) is 16.0. The average molecular weight is 607 g/mol. The minimum Gasteiger partial charge on any atom is -0.370 e. The zero-order valence-electron chi connectivity index (χ0n) is 26.4. The van der Waals surface area contributed by atoms with E-state index in [-0.39, 0.29) is 29.9 Å². The van der Waals surface area contributed by atoms with Crippen LogP contribution in [0.25, 0.3) is 21.5 Å². The van der Waals surface area contributed by atoms with Crippen LogP contribution in [0, 0.1) is 5.92 Å². The second kappa shape index (κ2) is 14.6. The van der Waals surface area contributed by atoms with Crippen molar-refractivity contribution < 1.29 is 9.59 Å². The van der Waals surface area contributed by atoms with Gasteiger partial charge in [0.1, 0.15) is 0 Å². The molecule has 6 N–H and O–H groups in total. The Hall–Kier alpha value is -4.43. The number of aliphatic imine (C=N–C) groups is 1. The zero-order valence-corrected chi connectivity index (χ0v) is 26.4. The maximum Gasteiger partial charge on any atom is 0.240 e. The Kier molecular flexibility index (Phi) is 10.4. The van der Waals surface area contributed by atoms with Gasteiger partial charge in [-0.15, -0.1) is 0 Å². The Morgan fingerprint density at radius 3 is 2.00 bits per heavy atom. The summed E-state index contributed by atoms with van der Waals surface area (Å²) in [4.78, 5) is 36.1. The molecule has 1 fully saturated rings. The summed E-state index contributed by atoms with van der Waals surface area (Å²) < 4.78 is 0. The van der Waals surface area contributed by atoms with Crippen LogP contribution in [0.5, 0.6) is 0 Å². The Bertz CT molecular complexity index is 1660. The van der Waals surface area contributed by atoms with E-state index < -0.39 is 6.04 Å². The normalized spacial score (nSPS) is 17.5. The monoisotopic (exact) mass is 606 g/mol. The standard InChI is InChI=1S/C37H46N6O2/c1-25(2)18-33-24-43(36(45)34(38)21-26-13-15-28-8-3-5-10-30(28)19-26)32(12-7-17-41-37(39)40)23-42(33)35(44)22-27-14-16-29-9-4-6-11-31(29)20-27/h3-6,8-11,13-16,19-20,25,32-34H,7,12,17-18,21-24,38H2,1-2H3,(H4,39,40,41)/t32-,33+,34+/m0/s1. The molecule has 0 unspecified atom stereocenters. The van der Waals surface area contributed by atoms with Gasteiger partial charge in [-0.1, -0.05) is 98.8 Å². The molecule has 3 atom stereocenters. The van der Waals surface area contributed by atoms with E-state index in [4.69, 9.17) is 17.2 Å². The summed E-state index contributed by atoms with van der Waals surface area (Å²) in [6.07, 6.45) is 2.91. The molecule has 5 rings (SSSR count). The fourth-order valence-corrected chi connectivity index (χ4v) is 6.60. The van der Waals surface area contributed by atoms with Crippen LogP contribution in [-0.2, 0) is 22.4 Å². The van der Waals surface area contributed by atoms with Gasteiger partial charge in [-0.05, 0) is 64.3 Å². The molecule has 8 heteroatoms. The van der Waals surface area contributed by atoms with Crippen molar-refractivity contribution in [1.82, 2.24) is 9.80 Å². The molecule has 0 bridgehead atoms. The third kappa shape index (κ3) is 8.19. The molecule has 236 valence electrons. The molecule has 0 aromatic heterocycles. The van der Waals surface area contributed by atoms with Crippen molar-refractivity contribution in [2.24, 2.45) is 28.1 Å². The zero-order chi connectivity index (χ0) is 31.9. The lowest BCUT2D eigenvalue weighted by atomic mass is 9.93. The number of amides is 2. The molecule has 4 aromatic rings. The van der Waals surface area contributed by atoms with Gasteiger partial charge in [0.15, 0.2) is 5.96 Å². The number of hydrogen-bond acceptors (Lipinski definition) is 4. The lowest BCUT2D eigenvalue weighted by Gasteiger charge is -2.48. The summed E-state index contributed by atoms with van der Waals surface area (Å²) in [6.45, 7) is 5.69. The summed E-state index contributed by atoms with van der Waals surface area (Å²) >= 11 is 0. The molecule has 1 saturated heterocycles. The highest BCUT2D eigenvalue weighted by Crippen LogP contribution is 2.26. The molecular formula is C37H46N6O2. The van der Waals surface area contributed by atoms with Gasteiger partial charge >= 0.3 is 0 Å². The van der Waals surface area contributed by atoms with Gasteiger partial charge in [0.05, 0.1) is 12.5 Å². The van der Waals surface area contributed by atoms with E-state index >= 15 is 0 Å². The van der Waals surface area contributed by atoms with E-state index in [1.54, 1.807) is 0 Å². The van der Waals surface area contributed by atoms with Crippen molar-refractivity contribution in [3.8, 4) is 0 Å². The van der Waals surface area contributed by atoms with Gasteiger partial charge in [-0.3, -0.25) is 14.6 Å². The summed E-state index contributed by atoms with van der Waals surface area (Å²) in [5.74, 6) is 0.406. The Labute approximate surface area is 266 Å². The van der Waals surface area contributed by atoms with Crippen molar-refractivity contribution in [1.29, 1.82) is 0 Å². The summed E-state index contributed by atoms with van der Waals surface area (Å²) in [5.41, 5.74) is 19.8. The predicted octanol–water partition coefficient (Wildman–Crippen LogP) is 4.61. The number of guanidine groups is 1. The van der Waals surface area contributed by atoms with Crippen LogP contribution in [0.1, 0.15) is 44.2 Å². The quantitative estimate of drug-likeness (QED) is 0.130. The summed E-state index contributed by atoms with van der Waals surface area (Å²) in [5, 5.41) is 4.56. The number of rotatable bonds is 11. The van der Waals surface area contributed by atoms with E-state index in [1.807, 2.05) is 46.2 Å². The smallest absolute Gasteiger partial charge is 0.240 e. The number of nitrogens with two attached hydrogens (primary N) is 3. The predicted molar refractivity (Wildman–Crippen MR) is 184 cm³/mol. The number of nitrogens with zero attached hydrogens (tertiary/aromatic N) is 3. The van der Waals surface area contributed by atoms with Gasteiger partial charge in [-0.25, -0.2) is 0 Å². The van der Waals surface area contributed by atoms with Crippen LogP contribution in [0.2, 0.25) is 0 Å². The highest BCUT2D eigenvalue weighted by molar-refractivity contribution is 5.87. The van der Waals surface area contributed by atoms with E-state index in [0.29, 0.717) is 51.2 Å². The Morgan fingerprint density at radius 2 is 1.38 bits per heavy atom. The number of carbonyl (C=O) groups is 2. The largest absolute Gasteiger partial charge is 0.370 e. The van der Waals surface area contributed by atoms with Crippen LogP contribution in [0.4, 0.5) is 0 Å². The molecule has 8 nitrogen and oxygen atoms in total. The fourth-order valence-electron chi connectivity index (χ4n) is 6.60. The molecular weight excluding hydrogens is 560 g/mol. The third-order valence-corrected chi connectivity index (χ3v) is 8.79. The molecule has 1 aliphatic rings. The van der Waals surface area contributed by atoms with E-state index in [1.165, 1.54) is 0 Å². The first-order valence-electron chi connectivity index (χ1n) is 16.0. The molecule has 0 radical (unpaired) electrons. The lowest BCUT2D eigenvalue weighted by Crippen LogP contribution is -2.64. The summed E-state index contributed by atoms with van der Waals surface area (Å²) in [7, 11) is 0. The first-order chi connectivity index (χ1) is 21.7. The number of benzene rings is 4. The van der Waals surface area contributed by atoms with Gasteiger partial charge in [-0.2, -0.15) is 0 Å². The van der Waals surface area contributed by atoms with Crippen LogP contribution in [0.15, 0.2) is 89.9 Å². The second-order valence-corrected chi connectivity index (χ2v) is 12.8. The minimum atomic E-state index is -0.689. The number of carbonyl (C=O) groups excluding carboxylic acids is 2. The maximum atomic E-state index is 14.1. The molecule has 2 amide bonds. The fraction of sp³-hybridized carbons (Fsp3) is 0.378. The maximum absolute atomic E-state index is 14.1. The molecule has 1 aliphatic heterocycles. The minimum absolute atomic E-state index is 0.0492. The highest BCUT2D eigenvalue weighted by Gasteiger charge is 2.39. The Balaban J connectivity index is 1.36. The number of hydrogen-bond donors (Lipinski definition) is 3. The van der Waals surface area contributed by atoms with Gasteiger partial charge in [0, 0.05) is 31.7 Å². The van der Waals surface area contributed by atoms with Crippen molar-refractivity contribution in [2.45, 2.75) is 64.1 Å². The topological polar surface area (TPSA) is 131 Å². The van der Waals surface area contributed by atoms with Crippen LogP contribution < -0.4 is 17.2 Å². The van der Waals surface area contributed by atoms with Crippen LogP contribution in [-0.4, -0.2) is 65.3 Å². The SMILES string of the molecule is CC(C)C[C@@H]1CN(C(=O)[C@H](N)Cc2ccc3ccccc3c2)[C@@H](CCCN=C(N)N)CN1C(=O)Cc1ccc2ccccc2c1. The average Bonchev–Trinajstić information content (AvgIpc) is 3.02. The van der Waals surface area contributed by atoms with Crippen molar-refractivity contribution in [3.05, 3.63) is 96.1 Å². The molecule has 0 saturated carbocycles. The highest BCUT2D eigenvalue weighted by atomic mass is 16.2. The van der Waals surface area contributed by atoms with Crippen LogP contribution in [0.3, 0.4) is 0 Å². The molecule has 1 heterocycles. The van der Waals surface area contributed by atoms with Gasteiger partial charge in [0.25, 0.3) is 0 Å². The van der Waals surface area contributed by atoms with Crippen molar-refractivity contribution >= 4 is 39.3 Å². The van der Waals surface area contributed by atoms with Gasteiger partial charge in [0.2, 0.25) is 11.8 Å². The van der Waals surface area contributed by atoms with Gasteiger partial charge < -0.3 is 27.0 Å².